The highest BCUT2D eigenvalue weighted by Crippen LogP contribution is 2.53. The Labute approximate surface area is 237 Å². The number of methoxy groups -OCH3 is 1. The van der Waals surface area contributed by atoms with Crippen LogP contribution in [0.3, 0.4) is 0 Å². The molecule has 0 radical (unpaired) electrons. The van der Waals surface area contributed by atoms with Gasteiger partial charge in [-0.2, -0.15) is 5.26 Å². The van der Waals surface area contributed by atoms with Crippen molar-refractivity contribution in [1.29, 1.82) is 5.26 Å². The number of nitriles is 1. The van der Waals surface area contributed by atoms with Gasteiger partial charge in [0.05, 0.1) is 29.0 Å². The number of hydrogen-bond donors (Lipinski definition) is 2. The Morgan fingerprint density at radius 3 is 2.65 bits per heavy atom. The molecule has 3 fully saturated rings. The number of piperidine rings is 1. The van der Waals surface area contributed by atoms with Crippen molar-refractivity contribution in [1.82, 2.24) is 19.2 Å². The van der Waals surface area contributed by atoms with Crippen LogP contribution in [0.1, 0.15) is 51.1 Å². The minimum Gasteiger partial charge on any atom is -0.453 e. The number of hydrogen-bond acceptors (Lipinski definition) is 9. The molecule has 9 nitrogen and oxygen atoms in total. The Balaban J connectivity index is 0.00000158. The predicted octanol–water partition coefficient (Wildman–Crippen LogP) is 5.24. The Bertz CT molecular complexity index is 1450. The van der Waals surface area contributed by atoms with Gasteiger partial charge in [-0.15, -0.1) is 0 Å². The Kier molecular flexibility index (Phi) is 8.61. The molecule has 0 atom stereocenters. The van der Waals surface area contributed by atoms with Gasteiger partial charge in [0, 0.05) is 38.4 Å². The van der Waals surface area contributed by atoms with E-state index in [-0.39, 0.29) is 34.8 Å². The highest BCUT2D eigenvalue weighted by Gasteiger charge is 2.45. The molecule has 3 heterocycles. The third-order valence-electron chi connectivity index (χ3n) is 8.02. The van der Waals surface area contributed by atoms with E-state index < -0.39 is 5.82 Å². The average molecular weight is 567 g/mol. The molecule has 1 spiro atoms. The molecule has 3 aromatic rings. The molecule has 212 valence electrons. The van der Waals surface area contributed by atoms with E-state index in [2.05, 4.69) is 21.1 Å². The lowest BCUT2D eigenvalue weighted by atomic mass is 9.60. The molecule has 1 aliphatic carbocycles. The molecule has 11 heteroatoms. The second kappa shape index (κ2) is 12.1. The fourth-order valence-corrected chi connectivity index (χ4v) is 6.53. The molecule has 0 unspecified atom stereocenters. The summed E-state index contributed by atoms with van der Waals surface area (Å²) >= 11 is 1.33. The standard InChI is InChI=1S/C27H29FN6O3S.C2H6/c1-36-19-14-33(15-19)38-32-24-5-3-22(28)25(21(24)13-29)37-18-2-4-23-20(10-18)26(35)34(16-31-23)17-11-27(12-17)6-8-30-9-7-27;1-2/h2-5,10,16-17,19,30,32H,6-9,11-12,14-15H2,1H3;1-2H3. The van der Waals surface area contributed by atoms with Crippen LogP contribution in [-0.2, 0) is 4.74 Å². The van der Waals surface area contributed by atoms with Gasteiger partial charge < -0.3 is 19.5 Å². The summed E-state index contributed by atoms with van der Waals surface area (Å²) in [6, 6.07) is 9.86. The molecule has 6 rings (SSSR count). The van der Waals surface area contributed by atoms with Crippen LogP contribution in [0.2, 0.25) is 0 Å². The van der Waals surface area contributed by atoms with Crippen LogP contribution in [0.15, 0.2) is 41.5 Å². The van der Waals surface area contributed by atoms with Gasteiger partial charge in [-0.25, -0.2) is 13.7 Å². The van der Waals surface area contributed by atoms with E-state index in [0.29, 0.717) is 22.0 Å². The number of benzene rings is 2. The SMILES string of the molecule is CC.COC1CN(SNc2ccc(F)c(Oc3ccc4ncn(C5CC6(CCNCC6)C5)c(=O)c4c3)c2C#N)C1. The molecule has 2 saturated heterocycles. The minimum absolute atomic E-state index is 0.0479. The maximum atomic E-state index is 14.8. The van der Waals surface area contributed by atoms with E-state index in [1.807, 2.05) is 18.2 Å². The zero-order valence-electron chi connectivity index (χ0n) is 23.1. The Morgan fingerprint density at radius 2 is 1.95 bits per heavy atom. The number of anilines is 1. The summed E-state index contributed by atoms with van der Waals surface area (Å²) in [5, 5.41) is 13.6. The third-order valence-corrected chi connectivity index (χ3v) is 8.89. The van der Waals surface area contributed by atoms with Crippen LogP contribution in [-0.4, -0.2) is 53.2 Å². The molecule has 2 N–H and O–H groups in total. The van der Waals surface area contributed by atoms with Gasteiger partial charge in [-0.3, -0.25) is 9.36 Å². The van der Waals surface area contributed by atoms with Crippen LogP contribution < -0.4 is 20.3 Å². The van der Waals surface area contributed by atoms with Crippen molar-refractivity contribution < 1.29 is 13.9 Å². The van der Waals surface area contributed by atoms with Gasteiger partial charge in [-0.1, -0.05) is 13.8 Å². The average Bonchev–Trinajstić information content (AvgIpc) is 2.94. The van der Waals surface area contributed by atoms with Crippen molar-refractivity contribution in [2.45, 2.75) is 51.7 Å². The van der Waals surface area contributed by atoms with Crippen molar-refractivity contribution in [3.8, 4) is 17.6 Å². The van der Waals surface area contributed by atoms with Crippen LogP contribution in [0.5, 0.6) is 11.5 Å². The molecule has 0 bridgehead atoms. The summed E-state index contributed by atoms with van der Waals surface area (Å²) in [7, 11) is 1.67. The number of nitrogens with zero attached hydrogens (tertiary/aromatic N) is 4. The van der Waals surface area contributed by atoms with E-state index in [1.54, 1.807) is 36.2 Å². The second-order valence-electron chi connectivity index (χ2n) is 10.4. The summed E-state index contributed by atoms with van der Waals surface area (Å²) in [4.78, 5) is 17.9. The normalized spacial score (nSPS) is 18.8. The van der Waals surface area contributed by atoms with Crippen molar-refractivity contribution in [3.05, 3.63) is 58.4 Å². The molecule has 2 aromatic carbocycles. The first kappa shape index (κ1) is 28.4. The van der Waals surface area contributed by atoms with E-state index in [1.165, 1.54) is 24.3 Å². The summed E-state index contributed by atoms with van der Waals surface area (Å²) in [6.07, 6.45) is 6.07. The van der Waals surface area contributed by atoms with E-state index >= 15 is 0 Å². The second-order valence-corrected chi connectivity index (χ2v) is 11.3. The lowest BCUT2D eigenvalue weighted by Gasteiger charge is -2.50. The third kappa shape index (κ3) is 5.54. The number of halogens is 1. The van der Waals surface area contributed by atoms with E-state index in [9.17, 15) is 14.4 Å². The van der Waals surface area contributed by atoms with Crippen molar-refractivity contribution >= 4 is 28.7 Å². The maximum absolute atomic E-state index is 14.8. The molecular formula is C29H35FN6O3S. The first-order valence-corrected chi connectivity index (χ1v) is 14.6. The Hall–Kier alpha value is -3.17. The number of fused-ring (bicyclic) bond motifs is 1. The number of nitrogens with one attached hydrogen (secondary N) is 2. The molecule has 3 aliphatic rings. The largest absolute Gasteiger partial charge is 0.453 e. The molecule has 1 saturated carbocycles. The van der Waals surface area contributed by atoms with Crippen LogP contribution in [0.25, 0.3) is 10.9 Å². The van der Waals surface area contributed by atoms with E-state index in [4.69, 9.17) is 9.47 Å². The number of rotatable bonds is 7. The topological polar surface area (TPSA) is 104 Å². The van der Waals surface area contributed by atoms with Crippen LogP contribution in [0, 0.1) is 22.6 Å². The van der Waals surface area contributed by atoms with Crippen LogP contribution in [0.4, 0.5) is 10.1 Å². The first-order valence-electron chi connectivity index (χ1n) is 13.8. The van der Waals surface area contributed by atoms with Crippen LogP contribution >= 0.6 is 12.1 Å². The van der Waals surface area contributed by atoms with Gasteiger partial charge in [-0.05, 0) is 74.5 Å². The van der Waals surface area contributed by atoms with Crippen molar-refractivity contribution in [3.63, 3.8) is 0 Å². The number of ether oxygens (including phenoxy) is 2. The highest BCUT2D eigenvalue weighted by molar-refractivity contribution is 7.98. The number of aromatic nitrogens is 2. The monoisotopic (exact) mass is 566 g/mol. The molecule has 0 amide bonds. The molecule has 1 aromatic heterocycles. The van der Waals surface area contributed by atoms with E-state index in [0.717, 1.165) is 51.9 Å². The first-order chi connectivity index (χ1) is 19.5. The van der Waals surface area contributed by atoms with Gasteiger partial charge in [0.1, 0.15) is 17.4 Å². The minimum atomic E-state index is -0.661. The quantitative estimate of drug-likeness (QED) is 0.372. The fourth-order valence-electron chi connectivity index (χ4n) is 5.65. The highest BCUT2D eigenvalue weighted by atomic mass is 32.2. The summed E-state index contributed by atoms with van der Waals surface area (Å²) in [6.45, 7) is 7.56. The van der Waals surface area contributed by atoms with Crippen molar-refractivity contribution in [2.75, 3.05) is 38.0 Å². The summed E-state index contributed by atoms with van der Waals surface area (Å²) in [5.74, 6) is -0.582. The van der Waals surface area contributed by atoms with Gasteiger partial charge >= 0.3 is 0 Å². The van der Waals surface area contributed by atoms with Gasteiger partial charge in [0.25, 0.3) is 5.56 Å². The Morgan fingerprint density at radius 1 is 1.20 bits per heavy atom. The molecule has 40 heavy (non-hydrogen) atoms. The van der Waals surface area contributed by atoms with Gasteiger partial charge in [0.2, 0.25) is 0 Å². The predicted molar refractivity (Wildman–Crippen MR) is 155 cm³/mol. The lowest BCUT2D eigenvalue weighted by Crippen LogP contribution is -2.48. The van der Waals surface area contributed by atoms with Gasteiger partial charge in [0.15, 0.2) is 11.6 Å². The maximum Gasteiger partial charge on any atom is 0.261 e. The zero-order chi connectivity index (χ0) is 28.3. The molecular weight excluding hydrogens is 531 g/mol. The molecule has 2 aliphatic heterocycles. The smallest absolute Gasteiger partial charge is 0.261 e. The summed E-state index contributed by atoms with van der Waals surface area (Å²) in [5.41, 5.74) is 1.24. The zero-order valence-corrected chi connectivity index (χ0v) is 23.9. The van der Waals surface area contributed by atoms with Crippen molar-refractivity contribution in [2.24, 2.45) is 5.41 Å². The summed E-state index contributed by atoms with van der Waals surface area (Å²) < 4.78 is 32.9. The lowest BCUT2D eigenvalue weighted by molar-refractivity contribution is 0.0176. The fraction of sp³-hybridized carbons (Fsp3) is 0.483.